The van der Waals surface area contributed by atoms with Gasteiger partial charge in [-0.15, -0.1) is 0 Å². The molecule has 0 fully saturated rings. The summed E-state index contributed by atoms with van der Waals surface area (Å²) in [7, 11) is 3.25. The van der Waals surface area contributed by atoms with Crippen LogP contribution in [0, 0.1) is 5.82 Å². The Morgan fingerprint density at radius 2 is 1.11 bits per heavy atom. The van der Waals surface area contributed by atoms with Crippen molar-refractivity contribution in [2.24, 2.45) is 0 Å². The summed E-state index contributed by atoms with van der Waals surface area (Å²) in [5, 5.41) is 0. The Morgan fingerprint density at radius 1 is 0.630 bits per heavy atom. The fraction of sp³-hybridized carbons (Fsp3) is 0.0909. The van der Waals surface area contributed by atoms with Crippen LogP contribution >= 0.6 is 0 Å². The molecule has 0 bridgehead atoms. The first kappa shape index (κ1) is 17.0. The van der Waals surface area contributed by atoms with E-state index in [4.69, 9.17) is 19.4 Å². The number of fused-ring (bicyclic) bond motifs is 1. The molecule has 27 heavy (non-hydrogen) atoms. The van der Waals surface area contributed by atoms with Gasteiger partial charge in [0.1, 0.15) is 17.3 Å². The average Bonchev–Trinajstić information content (AvgIpc) is 2.73. The molecule has 1 aromatic heterocycles. The molecule has 4 nitrogen and oxygen atoms in total. The molecular weight excluding hydrogens is 343 g/mol. The zero-order valence-electron chi connectivity index (χ0n) is 14.9. The first-order chi connectivity index (χ1) is 13.2. The van der Waals surface area contributed by atoms with Crippen molar-refractivity contribution < 1.29 is 13.9 Å². The van der Waals surface area contributed by atoms with Crippen LogP contribution in [-0.4, -0.2) is 24.2 Å². The average molecular weight is 360 g/mol. The lowest BCUT2D eigenvalue weighted by molar-refractivity contribution is 0.414. The van der Waals surface area contributed by atoms with Crippen molar-refractivity contribution in [2.75, 3.05) is 14.2 Å². The highest BCUT2D eigenvalue weighted by Gasteiger charge is 2.14. The monoisotopic (exact) mass is 360 g/mol. The van der Waals surface area contributed by atoms with Crippen molar-refractivity contribution in [3.05, 3.63) is 72.5 Å². The van der Waals surface area contributed by atoms with Crippen LogP contribution < -0.4 is 9.47 Å². The molecule has 0 aliphatic rings. The molecule has 134 valence electrons. The third-order valence-corrected chi connectivity index (χ3v) is 4.35. The summed E-state index contributed by atoms with van der Waals surface area (Å²) in [6.45, 7) is 0. The quantitative estimate of drug-likeness (QED) is 0.507. The van der Waals surface area contributed by atoms with E-state index >= 15 is 0 Å². The molecule has 0 saturated carbocycles. The van der Waals surface area contributed by atoms with Gasteiger partial charge in [0.2, 0.25) is 0 Å². The number of nitrogens with zero attached hydrogens (tertiary/aromatic N) is 2. The maximum absolute atomic E-state index is 13.7. The second-order valence-corrected chi connectivity index (χ2v) is 6.01. The molecule has 0 aliphatic carbocycles. The van der Waals surface area contributed by atoms with Crippen LogP contribution in [-0.2, 0) is 0 Å². The van der Waals surface area contributed by atoms with Gasteiger partial charge in [-0.1, -0.05) is 0 Å². The van der Waals surface area contributed by atoms with E-state index in [9.17, 15) is 4.39 Å². The van der Waals surface area contributed by atoms with Crippen molar-refractivity contribution >= 4 is 11.0 Å². The Morgan fingerprint density at radius 3 is 1.59 bits per heavy atom. The zero-order chi connectivity index (χ0) is 18.8. The molecule has 0 atom stereocenters. The number of rotatable bonds is 4. The van der Waals surface area contributed by atoms with E-state index in [-0.39, 0.29) is 5.82 Å². The maximum Gasteiger partial charge on any atom is 0.125 e. The molecule has 4 rings (SSSR count). The Bertz CT molecular complexity index is 1090. The summed E-state index contributed by atoms with van der Waals surface area (Å²) < 4.78 is 24.1. The summed E-state index contributed by atoms with van der Waals surface area (Å²) in [6, 6.07) is 19.6. The molecule has 1 heterocycles. The van der Waals surface area contributed by atoms with Gasteiger partial charge in [-0.3, -0.25) is 0 Å². The molecule has 5 heteroatoms. The van der Waals surface area contributed by atoms with E-state index in [2.05, 4.69) is 0 Å². The van der Waals surface area contributed by atoms with Crippen LogP contribution in [0.2, 0.25) is 0 Å². The van der Waals surface area contributed by atoms with Crippen LogP contribution in [0.15, 0.2) is 66.7 Å². The molecule has 4 aromatic rings. The van der Waals surface area contributed by atoms with Gasteiger partial charge in [0, 0.05) is 17.2 Å². The SMILES string of the molecule is COc1ccc(-c2nc3ccc(F)cc3nc2-c2ccc(OC)cc2)cc1. The normalized spacial score (nSPS) is 10.8. The van der Waals surface area contributed by atoms with Crippen molar-refractivity contribution in [1.29, 1.82) is 0 Å². The van der Waals surface area contributed by atoms with Gasteiger partial charge >= 0.3 is 0 Å². The first-order valence-electron chi connectivity index (χ1n) is 8.44. The highest BCUT2D eigenvalue weighted by atomic mass is 19.1. The first-order valence-corrected chi connectivity index (χ1v) is 8.44. The van der Waals surface area contributed by atoms with Gasteiger partial charge in [0.25, 0.3) is 0 Å². The number of ether oxygens (including phenoxy) is 2. The van der Waals surface area contributed by atoms with Gasteiger partial charge in [-0.2, -0.15) is 0 Å². The number of halogens is 1. The third kappa shape index (κ3) is 3.31. The summed E-state index contributed by atoms with van der Waals surface area (Å²) in [6.07, 6.45) is 0. The van der Waals surface area contributed by atoms with Gasteiger partial charge in [0.15, 0.2) is 0 Å². The number of hydrogen-bond donors (Lipinski definition) is 0. The van der Waals surface area contributed by atoms with E-state index in [1.807, 2.05) is 48.5 Å². The number of methoxy groups -OCH3 is 2. The molecule has 0 radical (unpaired) electrons. The standard InChI is InChI=1S/C22H17FN2O2/c1-26-17-8-3-14(4-9-17)21-22(15-5-10-18(27-2)11-6-15)25-20-13-16(23)7-12-19(20)24-21/h3-13H,1-2H3. The summed E-state index contributed by atoms with van der Waals surface area (Å²) >= 11 is 0. The predicted molar refractivity (Wildman–Crippen MR) is 103 cm³/mol. The van der Waals surface area contributed by atoms with Gasteiger partial charge in [-0.25, -0.2) is 14.4 Å². The number of benzene rings is 3. The van der Waals surface area contributed by atoms with Gasteiger partial charge in [0.05, 0.1) is 36.6 Å². The summed E-state index contributed by atoms with van der Waals surface area (Å²) in [4.78, 5) is 9.47. The molecule has 0 saturated heterocycles. The Balaban J connectivity index is 1.94. The molecule has 0 spiro atoms. The van der Waals surface area contributed by atoms with E-state index in [0.717, 1.165) is 28.3 Å². The third-order valence-electron chi connectivity index (χ3n) is 4.35. The Labute approximate surface area is 156 Å². The highest BCUT2D eigenvalue weighted by molar-refractivity contribution is 5.86. The van der Waals surface area contributed by atoms with Crippen molar-refractivity contribution in [1.82, 2.24) is 9.97 Å². The molecule has 0 amide bonds. The fourth-order valence-electron chi connectivity index (χ4n) is 2.93. The van der Waals surface area contributed by atoms with Crippen molar-refractivity contribution in [2.45, 2.75) is 0 Å². The van der Waals surface area contributed by atoms with Crippen LogP contribution in [0.4, 0.5) is 4.39 Å². The Hall–Kier alpha value is -3.47. The molecule has 0 N–H and O–H groups in total. The van der Waals surface area contributed by atoms with E-state index < -0.39 is 0 Å². The smallest absolute Gasteiger partial charge is 0.125 e. The predicted octanol–water partition coefficient (Wildman–Crippen LogP) is 5.12. The van der Waals surface area contributed by atoms with Crippen LogP contribution in [0.1, 0.15) is 0 Å². The number of aromatic nitrogens is 2. The number of hydrogen-bond acceptors (Lipinski definition) is 4. The van der Waals surface area contributed by atoms with Crippen molar-refractivity contribution in [3.8, 4) is 34.0 Å². The van der Waals surface area contributed by atoms with E-state index in [0.29, 0.717) is 16.7 Å². The molecule has 0 aliphatic heterocycles. The van der Waals surface area contributed by atoms with Crippen LogP contribution in [0.3, 0.4) is 0 Å². The summed E-state index contributed by atoms with van der Waals surface area (Å²) in [5.41, 5.74) is 4.33. The minimum absolute atomic E-state index is 0.338. The molecular formula is C22H17FN2O2. The Kier molecular flexibility index (Phi) is 4.42. The molecule has 3 aromatic carbocycles. The minimum atomic E-state index is -0.338. The second-order valence-electron chi connectivity index (χ2n) is 6.01. The van der Waals surface area contributed by atoms with Gasteiger partial charge in [-0.05, 0) is 60.7 Å². The lowest BCUT2D eigenvalue weighted by Crippen LogP contribution is -1.96. The maximum atomic E-state index is 13.7. The lowest BCUT2D eigenvalue weighted by Gasteiger charge is -2.11. The van der Waals surface area contributed by atoms with Crippen LogP contribution in [0.5, 0.6) is 11.5 Å². The van der Waals surface area contributed by atoms with E-state index in [1.165, 1.54) is 12.1 Å². The zero-order valence-corrected chi connectivity index (χ0v) is 14.9. The topological polar surface area (TPSA) is 44.2 Å². The second kappa shape index (κ2) is 7.03. The van der Waals surface area contributed by atoms with Crippen LogP contribution in [0.25, 0.3) is 33.5 Å². The molecule has 0 unspecified atom stereocenters. The minimum Gasteiger partial charge on any atom is -0.497 e. The highest BCUT2D eigenvalue weighted by Crippen LogP contribution is 2.32. The largest absolute Gasteiger partial charge is 0.497 e. The fourth-order valence-corrected chi connectivity index (χ4v) is 2.93. The van der Waals surface area contributed by atoms with Crippen molar-refractivity contribution in [3.63, 3.8) is 0 Å². The summed E-state index contributed by atoms with van der Waals surface area (Å²) in [5.74, 6) is 1.18. The lowest BCUT2D eigenvalue weighted by atomic mass is 10.0. The van der Waals surface area contributed by atoms with E-state index in [1.54, 1.807) is 20.3 Å². The van der Waals surface area contributed by atoms with Gasteiger partial charge < -0.3 is 9.47 Å².